The Labute approximate surface area is 91.0 Å². The Balaban J connectivity index is 2.93. The van der Waals surface area contributed by atoms with Crippen molar-refractivity contribution in [2.45, 2.75) is 6.10 Å². The van der Waals surface area contributed by atoms with Gasteiger partial charge in [-0.05, 0) is 0 Å². The van der Waals surface area contributed by atoms with Crippen LogP contribution in [0.1, 0.15) is 11.8 Å². The normalized spacial score (nSPS) is 11.9. The molecule has 0 fully saturated rings. The van der Waals surface area contributed by atoms with Crippen LogP contribution in [0, 0.1) is 10.1 Å². The second-order valence-corrected chi connectivity index (χ2v) is 2.84. The van der Waals surface area contributed by atoms with Gasteiger partial charge in [-0.2, -0.15) is 0 Å². The van der Waals surface area contributed by atoms with Gasteiger partial charge in [0, 0.05) is 4.92 Å². The average Bonchev–Trinajstić information content (AvgIpc) is 2.27. The van der Waals surface area contributed by atoms with Gasteiger partial charge < -0.3 is 14.6 Å². The fraction of sp³-hybridized carbons (Fsp3) is 0.500. The van der Waals surface area contributed by atoms with Crippen LogP contribution in [0.3, 0.4) is 0 Å². The predicted molar refractivity (Wildman–Crippen MR) is 52.0 cm³/mol. The molecule has 0 bridgehead atoms. The number of aromatic nitrogens is 2. The van der Waals surface area contributed by atoms with Crippen molar-refractivity contribution in [2.75, 3.05) is 20.8 Å². The summed E-state index contributed by atoms with van der Waals surface area (Å²) in [7, 11) is 2.75. The Hall–Kier alpha value is -1.96. The van der Waals surface area contributed by atoms with E-state index in [1.165, 1.54) is 20.4 Å². The van der Waals surface area contributed by atoms with Crippen LogP contribution in [0.4, 0.5) is 0 Å². The first-order valence-corrected chi connectivity index (χ1v) is 4.33. The quantitative estimate of drug-likeness (QED) is 0.550. The molecule has 1 rings (SSSR count). The van der Waals surface area contributed by atoms with Crippen LogP contribution in [0.15, 0.2) is 6.20 Å². The molecule has 0 aliphatic rings. The van der Waals surface area contributed by atoms with Gasteiger partial charge in [0.2, 0.25) is 6.54 Å². The highest BCUT2D eigenvalue weighted by Gasteiger charge is 2.18. The molecule has 0 saturated heterocycles. The SMILES string of the molecule is COc1ncc(C(O)C[N+](=O)[O-])nc1OC. The number of nitrogens with zero attached hydrogens (tertiary/aromatic N) is 3. The molecule has 0 amide bonds. The third-order valence-corrected chi connectivity index (χ3v) is 1.78. The molecule has 1 atom stereocenters. The number of rotatable bonds is 5. The van der Waals surface area contributed by atoms with Crippen molar-refractivity contribution >= 4 is 0 Å². The Kier molecular flexibility index (Phi) is 3.95. The molecule has 0 aliphatic carbocycles. The Morgan fingerprint density at radius 3 is 2.62 bits per heavy atom. The van der Waals surface area contributed by atoms with Crippen LogP contribution in [0.25, 0.3) is 0 Å². The van der Waals surface area contributed by atoms with Crippen molar-refractivity contribution in [3.05, 3.63) is 22.0 Å². The lowest BCUT2D eigenvalue weighted by Crippen LogP contribution is -2.14. The van der Waals surface area contributed by atoms with E-state index >= 15 is 0 Å². The number of hydrogen-bond acceptors (Lipinski definition) is 7. The van der Waals surface area contributed by atoms with Crippen molar-refractivity contribution in [3.8, 4) is 11.8 Å². The Bertz CT molecular complexity index is 384. The van der Waals surface area contributed by atoms with Crippen molar-refractivity contribution in [1.29, 1.82) is 0 Å². The largest absolute Gasteiger partial charge is 0.477 e. The topological polar surface area (TPSA) is 108 Å². The minimum Gasteiger partial charge on any atom is -0.477 e. The Morgan fingerprint density at radius 2 is 2.12 bits per heavy atom. The van der Waals surface area contributed by atoms with Gasteiger partial charge >= 0.3 is 0 Å². The highest BCUT2D eigenvalue weighted by atomic mass is 16.6. The number of methoxy groups -OCH3 is 2. The van der Waals surface area contributed by atoms with Gasteiger partial charge in [0.1, 0.15) is 0 Å². The van der Waals surface area contributed by atoms with Crippen LogP contribution < -0.4 is 9.47 Å². The number of aliphatic hydroxyl groups excluding tert-OH is 1. The fourth-order valence-electron chi connectivity index (χ4n) is 1.04. The summed E-state index contributed by atoms with van der Waals surface area (Å²) >= 11 is 0. The molecule has 8 heteroatoms. The molecule has 0 radical (unpaired) electrons. The summed E-state index contributed by atoms with van der Waals surface area (Å²) in [6.07, 6.45) is -0.113. The van der Waals surface area contributed by atoms with Crippen LogP contribution in [0.5, 0.6) is 11.8 Å². The zero-order chi connectivity index (χ0) is 12.1. The average molecular weight is 229 g/mol. The Morgan fingerprint density at radius 1 is 1.50 bits per heavy atom. The van der Waals surface area contributed by atoms with E-state index in [-0.39, 0.29) is 17.5 Å². The van der Waals surface area contributed by atoms with E-state index in [9.17, 15) is 15.2 Å². The standard InChI is InChI=1S/C8H11N3O5/c1-15-7-8(16-2)10-5(3-9-7)6(12)4-11(13)14/h3,6,12H,4H2,1-2H3. The van der Waals surface area contributed by atoms with E-state index in [1.54, 1.807) is 0 Å². The van der Waals surface area contributed by atoms with Gasteiger partial charge in [-0.1, -0.05) is 0 Å². The lowest BCUT2D eigenvalue weighted by Gasteiger charge is -2.09. The molecule has 1 aromatic heterocycles. The summed E-state index contributed by atoms with van der Waals surface area (Å²) in [6, 6.07) is 0. The lowest BCUT2D eigenvalue weighted by atomic mass is 10.3. The zero-order valence-electron chi connectivity index (χ0n) is 8.78. The van der Waals surface area contributed by atoms with Gasteiger partial charge in [-0.3, -0.25) is 10.1 Å². The zero-order valence-corrected chi connectivity index (χ0v) is 8.78. The monoisotopic (exact) mass is 229 g/mol. The summed E-state index contributed by atoms with van der Waals surface area (Å²) in [5.74, 6) is 0.224. The molecule has 0 saturated carbocycles. The number of nitro groups is 1. The summed E-state index contributed by atoms with van der Waals surface area (Å²) < 4.78 is 9.69. The second kappa shape index (κ2) is 5.21. The van der Waals surface area contributed by atoms with E-state index in [1.807, 2.05) is 0 Å². The summed E-state index contributed by atoms with van der Waals surface area (Å²) in [5, 5.41) is 19.6. The molecule has 1 unspecified atom stereocenters. The molecule has 0 aliphatic heterocycles. The van der Waals surface area contributed by atoms with E-state index < -0.39 is 17.6 Å². The molecule has 16 heavy (non-hydrogen) atoms. The first-order valence-electron chi connectivity index (χ1n) is 4.33. The minimum absolute atomic E-state index is 0.0642. The smallest absolute Gasteiger partial charge is 0.278 e. The molecular formula is C8H11N3O5. The van der Waals surface area contributed by atoms with Crippen LogP contribution in [-0.2, 0) is 0 Å². The van der Waals surface area contributed by atoms with Crippen molar-refractivity contribution in [1.82, 2.24) is 9.97 Å². The van der Waals surface area contributed by atoms with E-state index in [4.69, 9.17) is 9.47 Å². The maximum atomic E-state index is 10.2. The maximum absolute atomic E-state index is 10.2. The molecular weight excluding hydrogens is 218 g/mol. The van der Waals surface area contributed by atoms with Gasteiger partial charge in [-0.15, -0.1) is 0 Å². The van der Waals surface area contributed by atoms with Crippen LogP contribution in [-0.4, -0.2) is 40.8 Å². The van der Waals surface area contributed by atoms with Gasteiger partial charge in [0.15, 0.2) is 6.10 Å². The second-order valence-electron chi connectivity index (χ2n) is 2.84. The third-order valence-electron chi connectivity index (χ3n) is 1.78. The van der Waals surface area contributed by atoms with Gasteiger partial charge in [-0.25, -0.2) is 9.97 Å². The lowest BCUT2D eigenvalue weighted by molar-refractivity contribution is -0.491. The molecule has 8 nitrogen and oxygen atoms in total. The summed E-state index contributed by atoms with van der Waals surface area (Å²) in [6.45, 7) is -0.635. The first kappa shape index (κ1) is 12.1. The maximum Gasteiger partial charge on any atom is 0.278 e. The van der Waals surface area contributed by atoms with Crippen LogP contribution >= 0.6 is 0 Å². The van der Waals surface area contributed by atoms with E-state index in [2.05, 4.69) is 9.97 Å². The number of aliphatic hydroxyl groups is 1. The molecule has 0 spiro atoms. The van der Waals surface area contributed by atoms with Crippen molar-refractivity contribution in [3.63, 3.8) is 0 Å². The molecule has 1 N–H and O–H groups in total. The summed E-state index contributed by atoms with van der Waals surface area (Å²) in [5.41, 5.74) is 0.0642. The van der Waals surface area contributed by atoms with Crippen molar-refractivity contribution in [2.24, 2.45) is 0 Å². The van der Waals surface area contributed by atoms with Gasteiger partial charge in [0.25, 0.3) is 11.8 Å². The highest BCUT2D eigenvalue weighted by molar-refractivity contribution is 5.26. The molecule has 88 valence electrons. The highest BCUT2D eigenvalue weighted by Crippen LogP contribution is 2.22. The number of ether oxygens (including phenoxy) is 2. The van der Waals surface area contributed by atoms with E-state index in [0.29, 0.717) is 0 Å². The number of hydrogen-bond donors (Lipinski definition) is 1. The first-order chi connectivity index (χ1) is 7.58. The summed E-state index contributed by atoms with van der Waals surface area (Å²) in [4.78, 5) is 17.2. The molecule has 1 heterocycles. The molecule has 1 aromatic rings. The third kappa shape index (κ3) is 2.76. The molecule has 0 aromatic carbocycles. The predicted octanol–water partition coefficient (Wildman–Crippen LogP) is -0.196. The van der Waals surface area contributed by atoms with Crippen LogP contribution in [0.2, 0.25) is 0 Å². The van der Waals surface area contributed by atoms with Crippen molar-refractivity contribution < 1.29 is 19.5 Å². The fourth-order valence-corrected chi connectivity index (χ4v) is 1.04. The van der Waals surface area contributed by atoms with Gasteiger partial charge in [0.05, 0.1) is 26.1 Å². The minimum atomic E-state index is -1.32. The van der Waals surface area contributed by atoms with E-state index in [0.717, 1.165) is 0 Å².